The number of nitrogens with zero attached hydrogens (tertiary/aromatic N) is 3. The molecule has 0 unspecified atom stereocenters. The molecule has 0 saturated heterocycles. The van der Waals surface area contributed by atoms with Crippen LogP contribution in [-0.4, -0.2) is 32.0 Å². The zero-order valence-electron chi connectivity index (χ0n) is 22.6. The van der Waals surface area contributed by atoms with E-state index in [0.29, 0.717) is 17.0 Å². The molecule has 0 bridgehead atoms. The van der Waals surface area contributed by atoms with E-state index in [1.54, 1.807) is 13.8 Å². The van der Waals surface area contributed by atoms with Crippen molar-refractivity contribution in [1.82, 2.24) is 9.55 Å². The molecule has 2 aromatic rings. The third kappa shape index (κ3) is 5.68. The molecule has 0 aliphatic carbocycles. The average Bonchev–Trinajstić information content (AvgIpc) is 2.78. The maximum absolute atomic E-state index is 8.49. The number of aromatic nitrogens is 2. The molecule has 0 aliphatic rings. The zero-order chi connectivity index (χ0) is 26.8. The topological polar surface area (TPSA) is 89.9 Å². The molecule has 7 heteroatoms. The first-order chi connectivity index (χ1) is 16.1. The van der Waals surface area contributed by atoms with E-state index in [4.69, 9.17) is 20.8 Å². The average molecular weight is 566 g/mol. The SMILES string of the molecule is CNc1cccc(C(C)(C)c2cccc(=N[C-]=C(C(C)=N)C(C)(C)C(C)(C)[C](=[Pd])C(C)=N)n2C)n1. The van der Waals surface area contributed by atoms with Crippen LogP contribution in [0.5, 0.6) is 0 Å². The predicted molar refractivity (Wildman–Crippen MR) is 143 cm³/mol. The zero-order valence-corrected chi connectivity index (χ0v) is 24.2. The Morgan fingerprint density at radius 2 is 1.57 bits per heavy atom. The van der Waals surface area contributed by atoms with Gasteiger partial charge in [0.2, 0.25) is 0 Å². The Morgan fingerprint density at radius 3 is 2.11 bits per heavy atom. The van der Waals surface area contributed by atoms with Gasteiger partial charge in [-0.25, -0.2) is 0 Å². The van der Waals surface area contributed by atoms with Gasteiger partial charge in [0.1, 0.15) is 5.82 Å². The van der Waals surface area contributed by atoms with Crippen molar-refractivity contribution in [2.24, 2.45) is 22.9 Å². The van der Waals surface area contributed by atoms with Gasteiger partial charge in [0.05, 0.1) is 0 Å². The van der Waals surface area contributed by atoms with Crippen molar-refractivity contribution in [1.29, 1.82) is 10.8 Å². The number of anilines is 1. The summed E-state index contributed by atoms with van der Waals surface area (Å²) in [6.45, 7) is 16.2. The summed E-state index contributed by atoms with van der Waals surface area (Å²) in [5, 5.41) is 19.7. The van der Waals surface area contributed by atoms with Gasteiger partial charge in [0.15, 0.2) is 0 Å². The molecule has 0 fully saturated rings. The Hall–Kier alpha value is -2.49. The van der Waals surface area contributed by atoms with E-state index in [1.165, 1.54) is 0 Å². The van der Waals surface area contributed by atoms with Crippen molar-refractivity contribution >= 4 is 21.2 Å². The van der Waals surface area contributed by atoms with Gasteiger partial charge >= 0.3 is 191 Å². The van der Waals surface area contributed by atoms with E-state index in [2.05, 4.69) is 82.4 Å². The first kappa shape index (κ1) is 28.7. The van der Waals surface area contributed by atoms with Crippen LogP contribution in [0.25, 0.3) is 0 Å². The van der Waals surface area contributed by atoms with E-state index in [1.807, 2.05) is 44.4 Å². The summed E-state index contributed by atoms with van der Waals surface area (Å²) in [6, 6.07) is 12.0. The van der Waals surface area contributed by atoms with E-state index in [0.717, 1.165) is 26.7 Å². The molecule has 2 aromatic heterocycles. The fourth-order valence-corrected chi connectivity index (χ4v) is 4.69. The Kier molecular flexibility index (Phi) is 8.74. The van der Waals surface area contributed by atoms with Gasteiger partial charge in [0, 0.05) is 7.05 Å². The van der Waals surface area contributed by atoms with Gasteiger partial charge in [-0.15, -0.1) is 0 Å². The standard InChI is InChI=1S/C28H39N6.Pd/c1-19(29)17-26(3,4)28(7,8)21(20(2)30)18-32-25-16-12-14-23(34(25)10)27(5,6)22-13-11-15-24(31-9)33-22;/h11-16,29-30H,1-10H3,(H,31,33);/q-1;. The van der Waals surface area contributed by atoms with Gasteiger partial charge in [-0.2, -0.15) is 0 Å². The molecule has 2 heterocycles. The molecule has 0 aromatic carbocycles. The molecule has 6 nitrogen and oxygen atoms in total. The first-order valence-electron chi connectivity index (χ1n) is 11.7. The van der Waals surface area contributed by atoms with Crippen molar-refractivity contribution in [3.8, 4) is 0 Å². The fraction of sp³-hybridized carbons (Fsp3) is 0.464. The molecule has 192 valence electrons. The Morgan fingerprint density at radius 1 is 0.971 bits per heavy atom. The van der Waals surface area contributed by atoms with E-state index in [-0.39, 0.29) is 5.41 Å². The predicted octanol–water partition coefficient (Wildman–Crippen LogP) is 5.23. The second kappa shape index (κ2) is 10.6. The van der Waals surface area contributed by atoms with Crippen molar-refractivity contribution in [2.45, 2.75) is 60.8 Å². The molecule has 0 radical (unpaired) electrons. The van der Waals surface area contributed by atoms with Gasteiger partial charge in [-0.3, -0.25) is 0 Å². The summed E-state index contributed by atoms with van der Waals surface area (Å²) in [7, 11) is 3.86. The quantitative estimate of drug-likeness (QED) is 0.221. The second-order valence-corrected chi connectivity index (χ2v) is 11.3. The maximum atomic E-state index is 8.49. The first-order valence-corrected chi connectivity index (χ1v) is 12.5. The molecule has 0 amide bonds. The molecular weight excluding hydrogens is 527 g/mol. The summed E-state index contributed by atoms with van der Waals surface area (Å²) in [4.78, 5) is 9.51. The van der Waals surface area contributed by atoms with Crippen molar-refractivity contribution < 1.29 is 18.7 Å². The molecule has 2 rings (SSSR count). The summed E-state index contributed by atoms with van der Waals surface area (Å²) in [6.07, 6.45) is 3.22. The van der Waals surface area contributed by atoms with Crippen LogP contribution in [0.2, 0.25) is 0 Å². The number of hydrogen-bond donors (Lipinski definition) is 3. The Labute approximate surface area is 220 Å². The van der Waals surface area contributed by atoms with Crippen LogP contribution in [0.1, 0.15) is 66.8 Å². The van der Waals surface area contributed by atoms with Gasteiger partial charge in [-0.1, -0.05) is 6.07 Å². The minimum absolute atomic E-state index is 0.360. The molecule has 0 atom stereocenters. The number of hydrogen-bond acceptors (Lipinski definition) is 5. The van der Waals surface area contributed by atoms with Crippen LogP contribution < -0.4 is 10.8 Å². The third-order valence-electron chi connectivity index (χ3n) is 7.15. The van der Waals surface area contributed by atoms with Crippen LogP contribution in [0, 0.1) is 27.8 Å². The van der Waals surface area contributed by atoms with E-state index in [9.17, 15) is 0 Å². The second-order valence-electron chi connectivity index (χ2n) is 10.5. The molecule has 0 spiro atoms. The van der Waals surface area contributed by atoms with Crippen molar-refractivity contribution in [3.63, 3.8) is 0 Å². The molecule has 0 saturated carbocycles. The van der Waals surface area contributed by atoms with Crippen molar-refractivity contribution in [3.05, 3.63) is 65.0 Å². The van der Waals surface area contributed by atoms with Gasteiger partial charge in [0.25, 0.3) is 0 Å². The van der Waals surface area contributed by atoms with Crippen LogP contribution in [0.15, 0.2) is 47.0 Å². The van der Waals surface area contributed by atoms with E-state index < -0.39 is 10.8 Å². The Bertz CT molecular complexity index is 1240. The Balaban J connectivity index is 2.66. The van der Waals surface area contributed by atoms with Crippen LogP contribution in [0.4, 0.5) is 5.82 Å². The summed E-state index contributed by atoms with van der Waals surface area (Å²) >= 11 is 3.30. The number of rotatable bonds is 9. The van der Waals surface area contributed by atoms with Crippen LogP contribution in [-0.2, 0) is 31.2 Å². The molecule has 0 aliphatic heterocycles. The fourth-order valence-electron chi connectivity index (χ4n) is 4.21. The van der Waals surface area contributed by atoms with Crippen LogP contribution >= 0.6 is 0 Å². The summed E-state index contributed by atoms with van der Waals surface area (Å²) < 4.78 is 2.90. The minimum atomic E-state index is -0.494. The van der Waals surface area contributed by atoms with Gasteiger partial charge in [-0.05, 0) is 6.07 Å². The number of allylic oxidation sites excluding steroid dienone is 1. The molecule has 35 heavy (non-hydrogen) atoms. The van der Waals surface area contributed by atoms with Crippen LogP contribution in [0.3, 0.4) is 0 Å². The third-order valence-corrected chi connectivity index (χ3v) is 8.71. The normalized spacial score (nSPS) is 13.6. The molecular formula is C28H39N6Pd-. The van der Waals surface area contributed by atoms with E-state index >= 15 is 0 Å². The molecule has 3 N–H and O–H groups in total. The monoisotopic (exact) mass is 565 g/mol. The summed E-state index contributed by atoms with van der Waals surface area (Å²) in [5.41, 5.74) is 3.09. The van der Waals surface area contributed by atoms with Gasteiger partial charge < -0.3 is 5.32 Å². The number of nitrogens with one attached hydrogen (secondary N) is 3. The van der Waals surface area contributed by atoms with Crippen molar-refractivity contribution in [2.75, 3.05) is 12.4 Å². The number of pyridine rings is 2. The summed E-state index contributed by atoms with van der Waals surface area (Å²) in [5.74, 6) is 0.829.